The van der Waals surface area contributed by atoms with Gasteiger partial charge in [-0.2, -0.15) is 5.10 Å². The molecule has 0 atom stereocenters. The van der Waals surface area contributed by atoms with E-state index in [0.29, 0.717) is 22.8 Å². The second-order valence-corrected chi connectivity index (χ2v) is 3.48. The molecule has 0 aliphatic rings. The Bertz CT molecular complexity index is 522. The van der Waals surface area contributed by atoms with Gasteiger partial charge in [-0.15, -0.1) is 0 Å². The summed E-state index contributed by atoms with van der Waals surface area (Å²) in [6, 6.07) is 7.26. The second-order valence-electron chi connectivity index (χ2n) is 3.12. The van der Waals surface area contributed by atoms with Crippen molar-refractivity contribution in [2.75, 3.05) is 7.11 Å². The summed E-state index contributed by atoms with van der Waals surface area (Å²) in [6.45, 7) is 0. The van der Waals surface area contributed by atoms with E-state index < -0.39 is 0 Å². The van der Waals surface area contributed by atoms with Crippen molar-refractivity contribution >= 4 is 17.9 Å². The van der Waals surface area contributed by atoms with Gasteiger partial charge in [-0.1, -0.05) is 17.7 Å². The summed E-state index contributed by atoms with van der Waals surface area (Å²) >= 11 is 5.98. The van der Waals surface area contributed by atoms with E-state index in [1.807, 2.05) is 18.2 Å². The molecule has 0 saturated carbocycles. The minimum absolute atomic E-state index is 0.295. The molecule has 0 spiro atoms. The smallest absolute Gasteiger partial charge is 0.154 e. The number of aromatic nitrogens is 2. The second kappa shape index (κ2) is 4.37. The number of carbonyl (C=O) groups excluding carboxylic acids is 1. The lowest BCUT2D eigenvalue weighted by atomic mass is 10.3. The van der Waals surface area contributed by atoms with Crippen LogP contribution in [0, 0.1) is 0 Å². The zero-order valence-electron chi connectivity index (χ0n) is 8.55. The Morgan fingerprint density at radius 1 is 1.50 bits per heavy atom. The van der Waals surface area contributed by atoms with Gasteiger partial charge in [0.1, 0.15) is 10.9 Å². The van der Waals surface area contributed by atoms with Crippen LogP contribution in [-0.2, 0) is 0 Å². The van der Waals surface area contributed by atoms with Crippen molar-refractivity contribution < 1.29 is 9.53 Å². The van der Waals surface area contributed by atoms with E-state index in [1.165, 1.54) is 10.9 Å². The van der Waals surface area contributed by atoms with Gasteiger partial charge in [-0.05, 0) is 12.1 Å². The van der Waals surface area contributed by atoms with Gasteiger partial charge < -0.3 is 4.74 Å². The van der Waals surface area contributed by atoms with Crippen molar-refractivity contribution in [2.45, 2.75) is 0 Å². The summed E-state index contributed by atoms with van der Waals surface area (Å²) in [7, 11) is 1.58. The maximum Gasteiger partial charge on any atom is 0.154 e. The van der Waals surface area contributed by atoms with E-state index in [9.17, 15) is 4.79 Å². The Morgan fingerprint density at radius 3 is 2.94 bits per heavy atom. The summed E-state index contributed by atoms with van der Waals surface area (Å²) in [5.74, 6) is 0.705. The molecule has 82 valence electrons. The van der Waals surface area contributed by atoms with Crippen LogP contribution in [0.3, 0.4) is 0 Å². The lowest BCUT2D eigenvalue weighted by Crippen LogP contribution is -1.97. The number of carbonyl (C=O) groups is 1. The van der Waals surface area contributed by atoms with Crippen molar-refractivity contribution in [3.8, 4) is 11.4 Å². The number of halogens is 1. The van der Waals surface area contributed by atoms with Crippen LogP contribution in [0.1, 0.15) is 10.4 Å². The number of ether oxygens (including phenoxy) is 1. The molecule has 0 aliphatic carbocycles. The Hall–Kier alpha value is -1.81. The number of benzene rings is 1. The maximum absolute atomic E-state index is 10.6. The minimum atomic E-state index is 0.295. The fraction of sp³-hybridized carbons (Fsp3) is 0.0909. The zero-order valence-corrected chi connectivity index (χ0v) is 9.31. The molecule has 0 unspecified atom stereocenters. The standard InChI is InChI=1S/C11H9ClN2O2/c1-16-10-4-2-3-9(5-10)14-11(12)8(7-15)6-13-14/h2-7H,1H3. The molecule has 0 fully saturated rings. The molecule has 0 aliphatic heterocycles. The molecule has 4 nitrogen and oxygen atoms in total. The van der Waals surface area contributed by atoms with Gasteiger partial charge in [0.2, 0.25) is 0 Å². The third kappa shape index (κ3) is 1.79. The van der Waals surface area contributed by atoms with E-state index in [-0.39, 0.29) is 0 Å². The van der Waals surface area contributed by atoms with Gasteiger partial charge in [-0.3, -0.25) is 4.79 Å². The fourth-order valence-corrected chi connectivity index (χ4v) is 1.58. The molecule has 0 N–H and O–H groups in total. The van der Waals surface area contributed by atoms with E-state index in [2.05, 4.69) is 5.10 Å². The van der Waals surface area contributed by atoms with Gasteiger partial charge >= 0.3 is 0 Å². The number of hydrogen-bond acceptors (Lipinski definition) is 3. The Kier molecular flexibility index (Phi) is 2.92. The number of nitrogens with zero attached hydrogens (tertiary/aromatic N) is 2. The first-order valence-corrected chi connectivity index (χ1v) is 4.97. The van der Waals surface area contributed by atoms with Crippen molar-refractivity contribution in [1.82, 2.24) is 9.78 Å². The highest BCUT2D eigenvalue weighted by atomic mass is 35.5. The molecule has 2 rings (SSSR count). The average molecular weight is 237 g/mol. The number of hydrogen-bond donors (Lipinski definition) is 0. The third-order valence-corrected chi connectivity index (χ3v) is 2.54. The third-order valence-electron chi connectivity index (χ3n) is 2.16. The van der Waals surface area contributed by atoms with Gasteiger partial charge in [0.15, 0.2) is 6.29 Å². The van der Waals surface area contributed by atoms with Crippen LogP contribution in [0.15, 0.2) is 30.5 Å². The van der Waals surface area contributed by atoms with Crippen LogP contribution in [0.5, 0.6) is 5.75 Å². The first kappa shape index (κ1) is 10.7. The Labute approximate surface area is 97.4 Å². The largest absolute Gasteiger partial charge is 0.497 e. The lowest BCUT2D eigenvalue weighted by molar-refractivity contribution is 0.112. The highest BCUT2D eigenvalue weighted by Gasteiger charge is 2.09. The summed E-state index contributed by atoms with van der Waals surface area (Å²) in [4.78, 5) is 10.6. The van der Waals surface area contributed by atoms with Gasteiger partial charge in [0, 0.05) is 6.07 Å². The van der Waals surface area contributed by atoms with Crippen molar-refractivity contribution in [3.05, 3.63) is 41.2 Å². The van der Waals surface area contributed by atoms with Crippen LogP contribution in [0.2, 0.25) is 5.15 Å². The summed E-state index contributed by atoms with van der Waals surface area (Å²) in [6.07, 6.45) is 2.10. The number of aldehydes is 1. The molecule has 1 heterocycles. The monoisotopic (exact) mass is 236 g/mol. The SMILES string of the molecule is COc1cccc(-n2ncc(C=O)c2Cl)c1. The van der Waals surface area contributed by atoms with Crippen LogP contribution < -0.4 is 4.74 Å². The molecule has 0 amide bonds. The van der Waals surface area contributed by atoms with E-state index >= 15 is 0 Å². The van der Waals surface area contributed by atoms with Crippen LogP contribution in [0.25, 0.3) is 5.69 Å². The van der Waals surface area contributed by atoms with Crippen molar-refractivity contribution in [1.29, 1.82) is 0 Å². The summed E-state index contributed by atoms with van der Waals surface area (Å²) in [5, 5.41) is 4.32. The van der Waals surface area contributed by atoms with Gasteiger partial charge in [0.25, 0.3) is 0 Å². The van der Waals surface area contributed by atoms with Gasteiger partial charge in [-0.25, -0.2) is 4.68 Å². The molecular weight excluding hydrogens is 228 g/mol. The van der Waals surface area contributed by atoms with E-state index in [1.54, 1.807) is 13.2 Å². The maximum atomic E-state index is 10.6. The molecule has 0 bridgehead atoms. The predicted molar refractivity (Wildman–Crippen MR) is 60.5 cm³/mol. The first-order valence-electron chi connectivity index (χ1n) is 4.59. The number of methoxy groups -OCH3 is 1. The summed E-state index contributed by atoms with van der Waals surface area (Å²) < 4.78 is 6.58. The summed E-state index contributed by atoms with van der Waals surface area (Å²) in [5.41, 5.74) is 1.11. The molecule has 16 heavy (non-hydrogen) atoms. The van der Waals surface area contributed by atoms with E-state index in [4.69, 9.17) is 16.3 Å². The van der Waals surface area contributed by atoms with Crippen molar-refractivity contribution in [3.63, 3.8) is 0 Å². The van der Waals surface area contributed by atoms with Crippen molar-refractivity contribution in [2.24, 2.45) is 0 Å². The molecular formula is C11H9ClN2O2. The minimum Gasteiger partial charge on any atom is -0.497 e. The molecule has 0 saturated heterocycles. The molecule has 0 radical (unpaired) electrons. The van der Waals surface area contributed by atoms with Gasteiger partial charge in [0.05, 0.1) is 24.6 Å². The average Bonchev–Trinajstić information content (AvgIpc) is 2.70. The Balaban J connectivity index is 2.49. The Morgan fingerprint density at radius 2 is 2.31 bits per heavy atom. The normalized spacial score (nSPS) is 10.1. The molecule has 1 aromatic carbocycles. The van der Waals surface area contributed by atoms with E-state index in [0.717, 1.165) is 5.69 Å². The first-order chi connectivity index (χ1) is 7.76. The molecule has 5 heteroatoms. The quantitative estimate of drug-likeness (QED) is 0.769. The molecule has 1 aromatic heterocycles. The molecule has 2 aromatic rings. The van der Waals surface area contributed by atoms with Crippen LogP contribution >= 0.6 is 11.6 Å². The highest BCUT2D eigenvalue weighted by Crippen LogP contribution is 2.21. The van der Waals surface area contributed by atoms with Crippen LogP contribution in [-0.4, -0.2) is 23.2 Å². The predicted octanol–water partition coefficient (Wildman–Crippen LogP) is 2.35. The zero-order chi connectivity index (χ0) is 11.5. The topological polar surface area (TPSA) is 44.1 Å². The highest BCUT2D eigenvalue weighted by molar-refractivity contribution is 6.32. The van der Waals surface area contributed by atoms with Crippen LogP contribution in [0.4, 0.5) is 0 Å². The lowest BCUT2D eigenvalue weighted by Gasteiger charge is -2.05. The number of rotatable bonds is 3. The fourth-order valence-electron chi connectivity index (χ4n) is 1.35.